The van der Waals surface area contributed by atoms with E-state index in [0.717, 1.165) is 6.26 Å². The van der Waals surface area contributed by atoms with E-state index in [0.29, 0.717) is 11.1 Å². The number of nitrogens with zero attached hydrogens (tertiary/aromatic N) is 4. The molecule has 1 saturated heterocycles. The molecule has 3 heterocycles. The first-order valence-corrected chi connectivity index (χ1v) is 13.8. The van der Waals surface area contributed by atoms with Crippen LogP contribution in [0.1, 0.15) is 6.92 Å². The second kappa shape index (κ2) is 9.64. The number of nitrogens with one attached hydrogen (secondary N) is 1. The van der Waals surface area contributed by atoms with Crippen LogP contribution in [0.25, 0.3) is 16.7 Å². The Bertz CT molecular complexity index is 1700. The first-order valence-electron chi connectivity index (χ1n) is 11.5. The summed E-state index contributed by atoms with van der Waals surface area (Å²) in [5, 5.41) is 22.0. The Hall–Kier alpha value is -3.98. The number of hydrogen-bond donors (Lipinski definition) is 3. The van der Waals surface area contributed by atoms with Crippen molar-refractivity contribution in [2.24, 2.45) is 0 Å². The average Bonchev–Trinajstić information content (AvgIpc) is 3.52. The molecule has 0 bridgehead atoms. The molecule has 2 aromatic carbocycles. The highest BCUT2D eigenvalue weighted by molar-refractivity contribution is 7.90. The molecule has 1 aliphatic heterocycles. The van der Waals surface area contributed by atoms with Crippen LogP contribution in [-0.2, 0) is 24.2 Å². The van der Waals surface area contributed by atoms with Crippen LogP contribution in [0.15, 0.2) is 58.1 Å². The van der Waals surface area contributed by atoms with Gasteiger partial charge in [-0.25, -0.2) is 13.1 Å². The van der Waals surface area contributed by atoms with Gasteiger partial charge in [-0.05, 0) is 37.3 Å². The molecule has 5 rings (SSSR count). The van der Waals surface area contributed by atoms with Crippen LogP contribution in [0, 0.1) is 0 Å². The van der Waals surface area contributed by atoms with Crippen LogP contribution in [0.2, 0.25) is 5.02 Å². The van der Waals surface area contributed by atoms with Gasteiger partial charge in [0.05, 0.1) is 34.1 Å². The number of ether oxygens (including phenoxy) is 1. The normalized spacial score (nSPS) is 18.9. The number of nitrogen functional groups attached to an aromatic ring is 1. The van der Waals surface area contributed by atoms with Crippen molar-refractivity contribution >= 4 is 61.5 Å². The third-order valence-corrected chi connectivity index (χ3v) is 7.78. The highest BCUT2D eigenvalue weighted by Crippen LogP contribution is 2.33. The minimum absolute atomic E-state index is 0.0254. The third-order valence-electron chi connectivity index (χ3n) is 6.36. The van der Waals surface area contributed by atoms with E-state index < -0.39 is 33.4 Å². The molecule has 204 valence electrons. The number of rotatable bonds is 6. The zero-order chi connectivity index (χ0) is 28.1. The zero-order valence-electron chi connectivity index (χ0n) is 20.7. The predicted molar refractivity (Wildman–Crippen MR) is 141 cm³/mol. The first kappa shape index (κ1) is 26.6. The fraction of sp³-hybridized carbons (Fsp3) is 0.250. The maximum absolute atomic E-state index is 13.5. The number of amides is 2. The van der Waals surface area contributed by atoms with Gasteiger partial charge in [-0.1, -0.05) is 16.8 Å². The molecule has 39 heavy (non-hydrogen) atoms. The number of nitrogens with two attached hydrogens (primary N) is 1. The summed E-state index contributed by atoms with van der Waals surface area (Å²) >= 11 is 6.22. The number of anilines is 3. The standard InChI is InChI=1S/C24H23ClN6O7S/c1-24(20(32)22(33)27-13-11-16(25)19-17(12-13)38-29-21(19)26)23(34)30(9-10-37-24)18-7-8-31(28-18)14-3-5-15(6-4-14)39(2,35)36/h3-8,11-12,20,32H,9-10H2,1-2H3,(H2,26,29)(H,27,33)/t20-,24+/m0/s1. The Kier molecular flexibility index (Phi) is 6.58. The second-order valence-electron chi connectivity index (χ2n) is 9.09. The molecule has 0 aliphatic carbocycles. The molecule has 1 fully saturated rings. The number of morpholine rings is 1. The van der Waals surface area contributed by atoms with Crippen LogP contribution < -0.4 is 16.0 Å². The number of fused-ring (bicyclic) bond motifs is 1. The van der Waals surface area contributed by atoms with E-state index in [1.807, 2.05) is 0 Å². The van der Waals surface area contributed by atoms with E-state index in [2.05, 4.69) is 15.6 Å². The largest absolute Gasteiger partial charge is 0.380 e. The summed E-state index contributed by atoms with van der Waals surface area (Å²) in [6.45, 7) is 1.48. The van der Waals surface area contributed by atoms with Gasteiger partial charge in [0.1, 0.15) is 0 Å². The van der Waals surface area contributed by atoms with Crippen molar-refractivity contribution in [3.8, 4) is 5.69 Å². The van der Waals surface area contributed by atoms with E-state index in [-0.39, 0.29) is 46.0 Å². The van der Waals surface area contributed by atoms with E-state index in [9.17, 15) is 23.1 Å². The van der Waals surface area contributed by atoms with Crippen LogP contribution >= 0.6 is 11.6 Å². The summed E-state index contributed by atoms with van der Waals surface area (Å²) in [7, 11) is -3.35. The van der Waals surface area contributed by atoms with Gasteiger partial charge < -0.3 is 25.4 Å². The van der Waals surface area contributed by atoms with Crippen molar-refractivity contribution in [1.82, 2.24) is 14.9 Å². The van der Waals surface area contributed by atoms with Crippen molar-refractivity contribution in [3.05, 3.63) is 53.7 Å². The molecule has 4 N–H and O–H groups in total. The SMILES string of the molecule is C[C@]1([C@@H](O)C(=O)Nc2cc(Cl)c3c(N)noc3c2)OCCN(c2ccn(-c3ccc(S(C)(=O)=O)cc3)n2)C1=O. The Morgan fingerprint density at radius 3 is 2.67 bits per heavy atom. The van der Waals surface area contributed by atoms with Gasteiger partial charge in [0.2, 0.25) is 0 Å². The zero-order valence-corrected chi connectivity index (χ0v) is 22.2. The van der Waals surface area contributed by atoms with Gasteiger partial charge in [-0.3, -0.25) is 14.5 Å². The number of hydrogen-bond acceptors (Lipinski definition) is 10. The molecule has 13 nitrogen and oxygen atoms in total. The summed E-state index contributed by atoms with van der Waals surface area (Å²) in [4.78, 5) is 27.9. The molecule has 0 spiro atoms. The number of sulfone groups is 1. The Labute approximate surface area is 227 Å². The summed E-state index contributed by atoms with van der Waals surface area (Å²) < 4.78 is 35.6. The molecule has 2 amide bonds. The molecule has 15 heteroatoms. The average molecular weight is 575 g/mol. The Morgan fingerprint density at radius 1 is 1.26 bits per heavy atom. The number of aliphatic hydroxyl groups is 1. The molecular weight excluding hydrogens is 552 g/mol. The fourth-order valence-electron chi connectivity index (χ4n) is 4.22. The molecule has 0 saturated carbocycles. The van der Waals surface area contributed by atoms with Crippen LogP contribution in [0.5, 0.6) is 0 Å². The van der Waals surface area contributed by atoms with Crippen molar-refractivity contribution in [2.45, 2.75) is 23.5 Å². The molecule has 0 radical (unpaired) electrons. The number of carbonyl (C=O) groups excluding carboxylic acids is 2. The minimum atomic E-state index is -3.35. The molecule has 4 aromatic rings. The van der Waals surface area contributed by atoms with E-state index in [4.69, 9.17) is 26.6 Å². The molecule has 2 atom stereocenters. The maximum Gasteiger partial charge on any atom is 0.263 e. The number of aromatic nitrogens is 3. The minimum Gasteiger partial charge on any atom is -0.380 e. The van der Waals surface area contributed by atoms with Crippen LogP contribution in [0.4, 0.5) is 17.3 Å². The predicted octanol–water partition coefficient (Wildman–Crippen LogP) is 1.77. The molecule has 2 aromatic heterocycles. The van der Waals surface area contributed by atoms with Crippen LogP contribution in [-0.4, -0.2) is 71.4 Å². The van der Waals surface area contributed by atoms with Crippen molar-refractivity contribution < 1.29 is 32.4 Å². The third kappa shape index (κ3) is 4.83. The number of halogens is 1. The second-order valence-corrected chi connectivity index (χ2v) is 11.5. The summed E-state index contributed by atoms with van der Waals surface area (Å²) in [5.41, 5.74) is 4.79. The van der Waals surface area contributed by atoms with Gasteiger partial charge in [-0.15, -0.1) is 5.10 Å². The van der Waals surface area contributed by atoms with E-state index in [1.54, 1.807) is 24.4 Å². The maximum atomic E-state index is 13.5. The molecular formula is C24H23ClN6O7S. The number of benzene rings is 2. The Morgan fingerprint density at radius 2 is 1.97 bits per heavy atom. The lowest BCUT2D eigenvalue weighted by Gasteiger charge is -2.40. The number of aliphatic hydroxyl groups excluding tert-OH is 1. The topological polar surface area (TPSA) is 183 Å². The van der Waals surface area contributed by atoms with E-state index >= 15 is 0 Å². The smallest absolute Gasteiger partial charge is 0.263 e. The van der Waals surface area contributed by atoms with Gasteiger partial charge in [-0.2, -0.15) is 0 Å². The first-order chi connectivity index (χ1) is 18.4. The van der Waals surface area contributed by atoms with Gasteiger partial charge in [0, 0.05) is 30.3 Å². The van der Waals surface area contributed by atoms with E-state index in [1.165, 1.54) is 40.8 Å². The van der Waals surface area contributed by atoms with Crippen molar-refractivity contribution in [1.29, 1.82) is 0 Å². The lowest BCUT2D eigenvalue weighted by molar-refractivity contribution is -0.170. The fourth-order valence-corrected chi connectivity index (χ4v) is 5.16. The Balaban J connectivity index is 1.34. The molecule has 1 aliphatic rings. The molecule has 0 unspecified atom stereocenters. The van der Waals surface area contributed by atoms with Gasteiger partial charge >= 0.3 is 0 Å². The van der Waals surface area contributed by atoms with Crippen molar-refractivity contribution in [3.63, 3.8) is 0 Å². The highest BCUT2D eigenvalue weighted by atomic mass is 35.5. The summed E-state index contributed by atoms with van der Waals surface area (Å²) in [6, 6.07) is 10.5. The van der Waals surface area contributed by atoms with Crippen LogP contribution in [0.3, 0.4) is 0 Å². The lowest BCUT2D eigenvalue weighted by Crippen LogP contribution is -2.63. The van der Waals surface area contributed by atoms with Gasteiger partial charge in [0.15, 0.2) is 38.8 Å². The van der Waals surface area contributed by atoms with Crippen molar-refractivity contribution in [2.75, 3.05) is 35.4 Å². The van der Waals surface area contributed by atoms with Gasteiger partial charge in [0.25, 0.3) is 11.8 Å². The lowest BCUT2D eigenvalue weighted by atomic mass is 9.94. The quantitative estimate of drug-likeness (QED) is 0.307. The monoisotopic (exact) mass is 574 g/mol. The number of carbonyl (C=O) groups is 2. The summed E-state index contributed by atoms with van der Waals surface area (Å²) in [6.07, 6.45) is 0.821. The highest BCUT2D eigenvalue weighted by Gasteiger charge is 2.51. The summed E-state index contributed by atoms with van der Waals surface area (Å²) in [5.74, 6) is -1.23.